The first-order valence-electron chi connectivity index (χ1n) is 19.8. The zero-order valence-corrected chi connectivity index (χ0v) is 34.6. The normalized spacial score (nSPS) is 11.2. The van der Waals surface area contributed by atoms with E-state index in [-0.39, 0.29) is 11.5 Å². The molecule has 0 aromatic heterocycles. The van der Waals surface area contributed by atoms with Gasteiger partial charge in [0.2, 0.25) is 0 Å². The number of methoxy groups -OCH3 is 4. The number of carbonyl (C=O) groups is 2. The van der Waals surface area contributed by atoms with E-state index in [9.17, 15) is 9.59 Å². The fraction of sp³-hybridized carbons (Fsp3) is 0.0741. The van der Waals surface area contributed by atoms with Crippen LogP contribution in [0.1, 0.15) is 43.0 Å². The first kappa shape index (κ1) is 40.7. The van der Waals surface area contributed by atoms with Crippen molar-refractivity contribution >= 4 is 57.8 Å². The fourth-order valence-electron chi connectivity index (χ4n) is 7.14. The highest BCUT2D eigenvalue weighted by atomic mass is 16.5. The number of carbonyl (C=O) groups excluding carboxylic acids is 2. The van der Waals surface area contributed by atoms with Crippen LogP contribution >= 0.6 is 0 Å². The van der Waals surface area contributed by atoms with Crippen LogP contribution in [0.3, 0.4) is 0 Å². The van der Waals surface area contributed by atoms with Gasteiger partial charge >= 0.3 is 11.9 Å². The molecule has 0 amide bonds. The van der Waals surface area contributed by atoms with Crippen LogP contribution in [0, 0.1) is 0 Å². The zero-order chi connectivity index (χ0) is 43.0. The van der Waals surface area contributed by atoms with Gasteiger partial charge in [-0.05, 0) is 141 Å². The van der Waals surface area contributed by atoms with Gasteiger partial charge < -0.3 is 28.4 Å². The summed E-state index contributed by atoms with van der Waals surface area (Å²) in [4.78, 5) is 27.8. The van der Waals surface area contributed by atoms with Crippen LogP contribution < -0.4 is 28.4 Å². The Hall–Kier alpha value is -8.10. The molecule has 8 heteroatoms. The van der Waals surface area contributed by atoms with Crippen LogP contribution in [0.25, 0.3) is 57.0 Å². The molecule has 0 heterocycles. The molecule has 0 radical (unpaired) electrons. The lowest BCUT2D eigenvalue weighted by Crippen LogP contribution is -2.11. The highest BCUT2D eigenvalue weighted by Crippen LogP contribution is 2.46. The average Bonchev–Trinajstić information content (AvgIpc) is 3.33. The van der Waals surface area contributed by atoms with Gasteiger partial charge in [-0.3, -0.25) is 0 Å². The van der Waals surface area contributed by atoms with Crippen molar-refractivity contribution in [3.63, 3.8) is 0 Å². The second-order valence-electron chi connectivity index (χ2n) is 14.3. The maximum atomic E-state index is 13.9. The lowest BCUT2D eigenvalue weighted by molar-refractivity contribution is 0.0723. The topological polar surface area (TPSA) is 89.5 Å². The van der Waals surface area contributed by atoms with Crippen molar-refractivity contribution in [2.24, 2.45) is 0 Å². The van der Waals surface area contributed by atoms with E-state index in [1.807, 2.05) is 109 Å². The Labute approximate surface area is 359 Å². The third-order valence-electron chi connectivity index (χ3n) is 10.5. The Balaban J connectivity index is 1.28. The van der Waals surface area contributed by atoms with Crippen LogP contribution in [0.2, 0.25) is 0 Å². The van der Waals surface area contributed by atoms with E-state index in [4.69, 9.17) is 28.4 Å². The van der Waals surface area contributed by atoms with Crippen LogP contribution in [0.5, 0.6) is 34.5 Å². The minimum atomic E-state index is -0.560. The number of benzene rings is 8. The van der Waals surface area contributed by atoms with Crippen molar-refractivity contribution in [1.82, 2.24) is 0 Å². The molecular weight excluding hydrogens is 777 g/mol. The summed E-state index contributed by atoms with van der Waals surface area (Å²) in [6.45, 7) is 0. The maximum absolute atomic E-state index is 13.9. The summed E-state index contributed by atoms with van der Waals surface area (Å²) < 4.78 is 33.9. The van der Waals surface area contributed by atoms with E-state index in [2.05, 4.69) is 12.1 Å². The molecule has 0 spiro atoms. The number of ether oxygens (including phenoxy) is 6. The summed E-state index contributed by atoms with van der Waals surface area (Å²) in [5.41, 5.74) is 5.80. The van der Waals surface area contributed by atoms with E-state index in [1.165, 1.54) is 0 Å². The molecule has 0 aliphatic heterocycles. The van der Waals surface area contributed by atoms with Gasteiger partial charge in [0.25, 0.3) is 0 Å². The van der Waals surface area contributed by atoms with Crippen molar-refractivity contribution in [2.75, 3.05) is 28.4 Å². The number of hydrogen-bond donors (Lipinski definition) is 0. The maximum Gasteiger partial charge on any atom is 0.343 e. The summed E-state index contributed by atoms with van der Waals surface area (Å²) in [7, 11) is 6.42. The van der Waals surface area contributed by atoms with Crippen molar-refractivity contribution < 1.29 is 38.0 Å². The predicted octanol–water partition coefficient (Wildman–Crippen LogP) is 12.5. The van der Waals surface area contributed by atoms with Gasteiger partial charge in [-0.1, -0.05) is 85.0 Å². The monoisotopic (exact) mass is 818 g/mol. The largest absolute Gasteiger partial charge is 0.497 e. The van der Waals surface area contributed by atoms with E-state index >= 15 is 0 Å². The minimum absolute atomic E-state index is 0.289. The summed E-state index contributed by atoms with van der Waals surface area (Å²) in [6, 6.07) is 48.7. The quantitative estimate of drug-likeness (QED) is 0.0645. The standard InChI is InChI=1S/C54H42O8/c1-57-43-21-9-35(10-22-43)5-7-37-13-29-47-41(33-37)19-31-49(61-53(55)39-15-25-45(59-3)26-16-39)51(47)52-48-30-14-38(8-6-36-11-23-44(58-2)24-12-36)34-42(48)20-32-50(52)62-54(56)40-17-27-46(60-4)28-18-40/h5-34H,1-4H3/b7-5-,8-6-. The van der Waals surface area contributed by atoms with Gasteiger partial charge in [0.1, 0.15) is 34.5 Å². The molecule has 8 aromatic rings. The summed E-state index contributed by atoms with van der Waals surface area (Å²) in [5.74, 6) is 2.25. The molecule has 8 rings (SSSR count). The Bertz CT molecular complexity index is 2740. The number of rotatable bonds is 13. The molecule has 8 aromatic carbocycles. The number of fused-ring (bicyclic) bond motifs is 2. The first-order chi connectivity index (χ1) is 30.3. The first-order valence-corrected chi connectivity index (χ1v) is 19.8. The van der Waals surface area contributed by atoms with Crippen LogP contribution in [-0.2, 0) is 0 Å². The Morgan fingerprint density at radius 1 is 0.355 bits per heavy atom. The second kappa shape index (κ2) is 18.4. The lowest BCUT2D eigenvalue weighted by atomic mass is 9.91. The Morgan fingerprint density at radius 3 is 1.00 bits per heavy atom. The molecule has 0 aliphatic carbocycles. The minimum Gasteiger partial charge on any atom is -0.497 e. The van der Waals surface area contributed by atoms with Crippen molar-refractivity contribution in [3.05, 3.63) is 191 Å². The average molecular weight is 819 g/mol. The van der Waals surface area contributed by atoms with Gasteiger partial charge in [-0.15, -0.1) is 0 Å². The molecule has 8 nitrogen and oxygen atoms in total. The summed E-state index contributed by atoms with van der Waals surface area (Å²) in [6.07, 6.45) is 8.16. The lowest BCUT2D eigenvalue weighted by Gasteiger charge is -2.19. The van der Waals surface area contributed by atoms with Crippen molar-refractivity contribution in [3.8, 4) is 45.6 Å². The smallest absolute Gasteiger partial charge is 0.343 e. The van der Waals surface area contributed by atoms with E-state index < -0.39 is 11.9 Å². The molecule has 0 fully saturated rings. The molecule has 306 valence electrons. The molecule has 0 atom stereocenters. The third kappa shape index (κ3) is 9.05. The summed E-state index contributed by atoms with van der Waals surface area (Å²) >= 11 is 0. The van der Waals surface area contributed by atoms with Crippen molar-refractivity contribution in [2.45, 2.75) is 0 Å². The zero-order valence-electron chi connectivity index (χ0n) is 34.6. The molecule has 0 N–H and O–H groups in total. The molecular formula is C54H42O8. The SMILES string of the molecule is COc1ccc(/C=C\c2ccc3c(-c4c(OC(=O)c5ccc(OC)cc5)ccc5cc(/C=C\c6ccc(OC)cc6)ccc45)c(OC(=O)c4ccc(OC)cc4)ccc3c2)cc1. The number of esters is 2. The molecule has 0 unspecified atom stereocenters. The second-order valence-corrected chi connectivity index (χ2v) is 14.3. The van der Waals surface area contributed by atoms with Crippen LogP contribution in [0.15, 0.2) is 158 Å². The molecule has 0 saturated heterocycles. The van der Waals surface area contributed by atoms with E-state index in [1.54, 1.807) is 89.1 Å². The number of hydrogen-bond acceptors (Lipinski definition) is 8. The van der Waals surface area contributed by atoms with Gasteiger partial charge in [0, 0.05) is 11.1 Å². The van der Waals surface area contributed by atoms with Gasteiger partial charge in [-0.25, -0.2) is 9.59 Å². The van der Waals surface area contributed by atoms with E-state index in [0.717, 1.165) is 55.3 Å². The predicted molar refractivity (Wildman–Crippen MR) is 247 cm³/mol. The Morgan fingerprint density at radius 2 is 0.661 bits per heavy atom. The van der Waals surface area contributed by atoms with Crippen LogP contribution in [0.4, 0.5) is 0 Å². The molecule has 0 bridgehead atoms. The van der Waals surface area contributed by atoms with Crippen molar-refractivity contribution in [1.29, 1.82) is 0 Å². The highest BCUT2D eigenvalue weighted by molar-refractivity contribution is 6.12. The molecule has 0 saturated carbocycles. The Kier molecular flexibility index (Phi) is 12.1. The van der Waals surface area contributed by atoms with Gasteiger partial charge in [0.05, 0.1) is 39.6 Å². The summed E-state index contributed by atoms with van der Waals surface area (Å²) in [5, 5.41) is 3.32. The fourth-order valence-corrected chi connectivity index (χ4v) is 7.14. The highest BCUT2D eigenvalue weighted by Gasteiger charge is 2.23. The van der Waals surface area contributed by atoms with Gasteiger partial charge in [0.15, 0.2) is 0 Å². The third-order valence-corrected chi connectivity index (χ3v) is 10.5. The van der Waals surface area contributed by atoms with E-state index in [0.29, 0.717) is 33.8 Å². The van der Waals surface area contributed by atoms with Crippen LogP contribution in [-0.4, -0.2) is 40.4 Å². The van der Waals surface area contributed by atoms with Gasteiger partial charge in [-0.2, -0.15) is 0 Å². The molecule has 0 aliphatic rings. The molecule has 62 heavy (non-hydrogen) atoms.